The third-order valence-corrected chi connectivity index (χ3v) is 6.86. The second kappa shape index (κ2) is 7.85. The van der Waals surface area contributed by atoms with Gasteiger partial charge in [0.25, 0.3) is 11.6 Å². The van der Waals surface area contributed by atoms with Crippen molar-refractivity contribution >= 4 is 33.7 Å². The minimum Gasteiger partial charge on any atom is -0.346 e. The maximum Gasteiger partial charge on any atom is 0.271 e. The Morgan fingerprint density at radius 3 is 2.70 bits per heavy atom. The lowest BCUT2D eigenvalue weighted by Gasteiger charge is -2.16. The third kappa shape index (κ3) is 3.21. The lowest BCUT2D eigenvalue weighted by molar-refractivity contribution is -0.384. The van der Waals surface area contributed by atoms with Crippen LogP contribution < -0.4 is 5.32 Å². The Morgan fingerprint density at radius 2 is 1.81 bits per heavy atom. The molecule has 7 rings (SSSR count). The molecule has 0 saturated heterocycles. The van der Waals surface area contributed by atoms with Crippen LogP contribution in [0.4, 0.5) is 5.69 Å². The lowest BCUT2D eigenvalue weighted by Crippen LogP contribution is -2.28. The smallest absolute Gasteiger partial charge is 0.271 e. The van der Waals surface area contributed by atoms with Gasteiger partial charge in [0.2, 0.25) is 0 Å². The topological polar surface area (TPSA) is 130 Å². The molecule has 3 aromatic carbocycles. The van der Waals surface area contributed by atoms with Gasteiger partial charge < -0.3 is 15.3 Å². The molecule has 1 atom stereocenters. The Hall–Kier alpha value is -5.31. The highest BCUT2D eigenvalue weighted by Crippen LogP contribution is 2.47. The van der Waals surface area contributed by atoms with Crippen LogP contribution in [-0.4, -0.2) is 30.8 Å². The predicted octanol–water partition coefficient (Wildman–Crippen LogP) is 5.51. The summed E-state index contributed by atoms with van der Waals surface area (Å²) in [5.74, 6) is 0.415. The van der Waals surface area contributed by atoms with Crippen LogP contribution in [0.5, 0.6) is 0 Å². The molecule has 9 heteroatoms. The molecular formula is C28H18N6O3. The van der Waals surface area contributed by atoms with Gasteiger partial charge in [-0.3, -0.25) is 14.9 Å². The van der Waals surface area contributed by atoms with Crippen LogP contribution in [-0.2, 0) is 0 Å². The first-order valence-electron chi connectivity index (χ1n) is 11.7. The number of imidazole rings is 1. The molecule has 0 aliphatic heterocycles. The van der Waals surface area contributed by atoms with Crippen molar-refractivity contribution in [1.29, 1.82) is 0 Å². The van der Waals surface area contributed by atoms with Gasteiger partial charge in [-0.05, 0) is 40.5 Å². The van der Waals surface area contributed by atoms with Crippen LogP contribution in [0.25, 0.3) is 44.6 Å². The molecule has 3 heterocycles. The number of amides is 1. The number of hydrogen-bond donors (Lipinski definition) is 3. The van der Waals surface area contributed by atoms with Crippen molar-refractivity contribution in [3.8, 4) is 22.5 Å². The predicted molar refractivity (Wildman–Crippen MR) is 139 cm³/mol. The summed E-state index contributed by atoms with van der Waals surface area (Å²) >= 11 is 0. The summed E-state index contributed by atoms with van der Waals surface area (Å²) in [6.07, 6.45) is 3.39. The van der Waals surface area contributed by atoms with Crippen molar-refractivity contribution in [2.24, 2.45) is 0 Å². The lowest BCUT2D eigenvalue weighted by atomic mass is 9.98. The van der Waals surface area contributed by atoms with Gasteiger partial charge in [0, 0.05) is 35.5 Å². The zero-order valence-corrected chi connectivity index (χ0v) is 19.2. The van der Waals surface area contributed by atoms with E-state index in [9.17, 15) is 14.9 Å². The monoisotopic (exact) mass is 486 g/mol. The Labute approximate surface area is 209 Å². The number of nitrogens with one attached hydrogen (secondary N) is 3. The largest absolute Gasteiger partial charge is 0.346 e. The first kappa shape index (κ1) is 21.0. The number of non-ortho nitro benzene ring substituents is 1. The van der Waals surface area contributed by atoms with E-state index in [4.69, 9.17) is 4.98 Å². The minimum atomic E-state index is -0.423. The summed E-state index contributed by atoms with van der Waals surface area (Å²) in [6, 6.07) is 21.7. The molecular weight excluding hydrogens is 468 g/mol. The Kier molecular flexibility index (Phi) is 4.46. The van der Waals surface area contributed by atoms with Gasteiger partial charge in [-0.15, -0.1) is 0 Å². The molecule has 37 heavy (non-hydrogen) atoms. The number of aromatic nitrogens is 4. The van der Waals surface area contributed by atoms with E-state index in [1.807, 2.05) is 48.5 Å². The molecule has 178 valence electrons. The molecule has 1 amide bonds. The van der Waals surface area contributed by atoms with Gasteiger partial charge in [-0.25, -0.2) is 9.97 Å². The van der Waals surface area contributed by atoms with Gasteiger partial charge in [0.15, 0.2) is 0 Å². The average Bonchev–Trinajstić information content (AvgIpc) is 3.64. The Balaban J connectivity index is 1.34. The summed E-state index contributed by atoms with van der Waals surface area (Å²) in [4.78, 5) is 39.6. The fraction of sp³-hybridized carbons (Fsp3) is 0.0357. The molecule has 1 unspecified atom stereocenters. The van der Waals surface area contributed by atoms with Crippen molar-refractivity contribution in [2.45, 2.75) is 6.04 Å². The van der Waals surface area contributed by atoms with Crippen LogP contribution in [0.1, 0.15) is 27.5 Å². The average molecular weight is 486 g/mol. The van der Waals surface area contributed by atoms with E-state index in [-0.39, 0.29) is 17.6 Å². The normalized spacial score (nSPS) is 14.0. The van der Waals surface area contributed by atoms with Gasteiger partial charge in [-0.2, -0.15) is 0 Å². The summed E-state index contributed by atoms with van der Waals surface area (Å²) in [6.45, 7) is 0. The summed E-state index contributed by atoms with van der Waals surface area (Å²) in [5.41, 5.74) is 7.22. The van der Waals surface area contributed by atoms with Gasteiger partial charge in [-0.1, -0.05) is 42.5 Å². The fourth-order valence-electron chi connectivity index (χ4n) is 5.21. The molecule has 0 fully saturated rings. The van der Waals surface area contributed by atoms with Crippen molar-refractivity contribution in [1.82, 2.24) is 25.3 Å². The number of hydrogen-bond acceptors (Lipinski definition) is 5. The highest BCUT2D eigenvalue weighted by Gasteiger charge is 2.32. The fourth-order valence-corrected chi connectivity index (χ4v) is 5.21. The number of H-pyrrole nitrogens is 2. The van der Waals surface area contributed by atoms with E-state index in [2.05, 4.69) is 20.3 Å². The van der Waals surface area contributed by atoms with E-state index in [1.165, 1.54) is 12.1 Å². The van der Waals surface area contributed by atoms with Crippen molar-refractivity contribution in [2.75, 3.05) is 0 Å². The van der Waals surface area contributed by atoms with E-state index in [0.29, 0.717) is 28.1 Å². The SMILES string of the molecule is O=C(NC1c2ccccc2-c2c(-c3nc4ccc([N+](=O)[O-])cc4[nH]3)cccc21)c1ccnc2[nH]ccc12. The second-order valence-corrected chi connectivity index (χ2v) is 8.91. The van der Waals surface area contributed by atoms with Crippen LogP contribution in [0, 0.1) is 10.1 Å². The van der Waals surface area contributed by atoms with Crippen molar-refractivity contribution < 1.29 is 9.72 Å². The van der Waals surface area contributed by atoms with Gasteiger partial charge >= 0.3 is 0 Å². The molecule has 0 spiro atoms. The van der Waals surface area contributed by atoms with Gasteiger partial charge in [0.1, 0.15) is 11.5 Å². The number of pyridine rings is 1. The molecule has 9 nitrogen and oxygen atoms in total. The molecule has 0 radical (unpaired) electrons. The van der Waals surface area contributed by atoms with E-state index in [0.717, 1.165) is 33.2 Å². The molecule has 3 aromatic heterocycles. The van der Waals surface area contributed by atoms with Crippen molar-refractivity contribution in [3.63, 3.8) is 0 Å². The molecule has 0 saturated carbocycles. The van der Waals surface area contributed by atoms with E-state index < -0.39 is 4.92 Å². The highest BCUT2D eigenvalue weighted by atomic mass is 16.6. The Morgan fingerprint density at radius 1 is 0.973 bits per heavy atom. The molecule has 0 bridgehead atoms. The first-order valence-corrected chi connectivity index (χ1v) is 11.7. The van der Waals surface area contributed by atoms with Crippen molar-refractivity contribution in [3.05, 3.63) is 112 Å². The Bertz CT molecular complexity index is 1890. The van der Waals surface area contributed by atoms with Crippen LogP contribution >= 0.6 is 0 Å². The molecule has 3 N–H and O–H groups in total. The van der Waals surface area contributed by atoms with Crippen LogP contribution in [0.15, 0.2) is 85.2 Å². The summed E-state index contributed by atoms with van der Waals surface area (Å²) < 4.78 is 0. The third-order valence-electron chi connectivity index (χ3n) is 6.86. The zero-order chi connectivity index (χ0) is 25.1. The number of carbonyl (C=O) groups is 1. The number of nitrogens with zero attached hydrogens (tertiary/aromatic N) is 3. The van der Waals surface area contributed by atoms with Crippen LogP contribution in [0.2, 0.25) is 0 Å². The molecule has 6 aromatic rings. The number of carbonyl (C=O) groups excluding carboxylic acids is 1. The number of aromatic amines is 2. The number of rotatable bonds is 4. The van der Waals surface area contributed by atoms with Crippen LogP contribution in [0.3, 0.4) is 0 Å². The maximum absolute atomic E-state index is 13.5. The van der Waals surface area contributed by atoms with Gasteiger partial charge in [0.05, 0.1) is 27.6 Å². The van der Waals surface area contributed by atoms with E-state index in [1.54, 1.807) is 24.5 Å². The molecule has 1 aliphatic rings. The maximum atomic E-state index is 13.5. The number of benzene rings is 3. The zero-order valence-electron chi connectivity index (χ0n) is 19.2. The first-order chi connectivity index (χ1) is 18.1. The summed E-state index contributed by atoms with van der Waals surface area (Å²) in [7, 11) is 0. The molecule has 1 aliphatic carbocycles. The number of fused-ring (bicyclic) bond motifs is 5. The quantitative estimate of drug-likeness (QED) is 0.223. The number of nitro groups is 1. The standard InChI is InChI=1S/C28H18N6O3/c35-28(19-11-13-30-26-18(19)10-12-29-26)33-25-17-5-2-1-4-16(17)24-20(25)6-3-7-21(24)27-31-22-9-8-15(34(36)37)14-23(22)32-27/h1-14,25H,(H,29,30)(H,31,32)(H,33,35). The highest BCUT2D eigenvalue weighted by molar-refractivity contribution is 6.06. The van der Waals surface area contributed by atoms with E-state index >= 15 is 0 Å². The second-order valence-electron chi connectivity index (χ2n) is 8.91. The summed E-state index contributed by atoms with van der Waals surface area (Å²) in [5, 5.41) is 15.2. The number of nitro benzene ring substituents is 1. The minimum absolute atomic E-state index is 0.00162.